The average molecular weight is 368 g/mol. The molecule has 6 heteroatoms. The van der Waals surface area contributed by atoms with Crippen molar-refractivity contribution in [1.82, 2.24) is 4.90 Å². The molecule has 0 fully saturated rings. The van der Waals surface area contributed by atoms with Crippen LogP contribution in [0.1, 0.15) is 30.7 Å². The average Bonchev–Trinajstić information content (AvgIpc) is 3.10. The molecule has 1 atom stereocenters. The molecule has 3 rings (SSSR count). The number of nitriles is 1. The van der Waals surface area contributed by atoms with Crippen LogP contribution in [0.3, 0.4) is 0 Å². The lowest BCUT2D eigenvalue weighted by Crippen LogP contribution is -2.45. The second-order valence-corrected chi connectivity index (χ2v) is 7.91. The molecule has 1 aliphatic rings. The largest absolute Gasteiger partial charge is 0.370 e. The second kappa shape index (κ2) is 6.58. The zero-order valence-corrected chi connectivity index (χ0v) is 15.9. The standard InChI is InChI=1S/C20H21FN4S/c1-12(2)20(10-13(3)25(4)19(23)24-20)18-8-7-17(26-18)14-5-6-16(21)15(9-14)11-22/h5-9,12H,3,10H2,1-2,4H3,(H2,23,24). The van der Waals surface area contributed by atoms with Gasteiger partial charge in [0.05, 0.1) is 5.56 Å². The fraction of sp³-hybridized carbons (Fsp3) is 0.300. The number of guanidine groups is 1. The molecule has 4 nitrogen and oxygen atoms in total. The highest BCUT2D eigenvalue weighted by atomic mass is 32.1. The van der Waals surface area contributed by atoms with Gasteiger partial charge < -0.3 is 10.6 Å². The van der Waals surface area contributed by atoms with Crippen molar-refractivity contribution in [3.63, 3.8) is 0 Å². The molecule has 2 N–H and O–H groups in total. The maximum atomic E-state index is 13.6. The molecule has 0 amide bonds. The zero-order chi connectivity index (χ0) is 19.1. The summed E-state index contributed by atoms with van der Waals surface area (Å²) in [6, 6.07) is 10.5. The van der Waals surface area contributed by atoms with Gasteiger partial charge in [0.25, 0.3) is 0 Å². The molecule has 2 heterocycles. The third kappa shape index (κ3) is 2.89. The number of rotatable bonds is 3. The topological polar surface area (TPSA) is 65.4 Å². The number of hydrogen-bond acceptors (Lipinski definition) is 5. The minimum absolute atomic E-state index is 0.0472. The number of halogens is 1. The SMILES string of the molecule is C=C1CC(c2ccc(-c3ccc(F)c(C#N)c3)s2)(C(C)C)N=C(N)N1C. The Hall–Kier alpha value is -2.65. The maximum absolute atomic E-state index is 13.6. The normalized spacial score (nSPS) is 20.2. The molecule has 1 unspecified atom stereocenters. The van der Waals surface area contributed by atoms with Crippen molar-refractivity contribution >= 4 is 17.3 Å². The highest BCUT2D eigenvalue weighted by Gasteiger charge is 2.41. The number of aliphatic imine (C=N–C) groups is 1. The van der Waals surface area contributed by atoms with Gasteiger partial charge >= 0.3 is 0 Å². The van der Waals surface area contributed by atoms with E-state index in [1.54, 1.807) is 23.5 Å². The highest BCUT2D eigenvalue weighted by Crippen LogP contribution is 2.46. The smallest absolute Gasteiger partial charge is 0.196 e. The van der Waals surface area contributed by atoms with Gasteiger partial charge in [0, 0.05) is 28.9 Å². The summed E-state index contributed by atoms with van der Waals surface area (Å²) in [4.78, 5) is 8.69. The number of nitrogens with two attached hydrogens (primary N) is 1. The van der Waals surface area contributed by atoms with Gasteiger partial charge in [-0.3, -0.25) is 0 Å². The minimum Gasteiger partial charge on any atom is -0.370 e. The van der Waals surface area contributed by atoms with Gasteiger partial charge in [-0.05, 0) is 35.7 Å². The first-order chi connectivity index (χ1) is 12.3. The van der Waals surface area contributed by atoms with Gasteiger partial charge in [0.1, 0.15) is 17.4 Å². The van der Waals surface area contributed by atoms with Crippen LogP contribution >= 0.6 is 11.3 Å². The first-order valence-corrected chi connectivity index (χ1v) is 9.17. The Bertz CT molecular complexity index is 938. The lowest BCUT2D eigenvalue weighted by Gasteiger charge is -2.40. The molecule has 134 valence electrons. The summed E-state index contributed by atoms with van der Waals surface area (Å²) in [5.74, 6) is 0.176. The van der Waals surface area contributed by atoms with Crippen molar-refractivity contribution in [3.05, 3.63) is 58.9 Å². The van der Waals surface area contributed by atoms with E-state index >= 15 is 0 Å². The van der Waals surface area contributed by atoms with Crippen molar-refractivity contribution in [2.75, 3.05) is 7.05 Å². The Kier molecular flexibility index (Phi) is 4.59. The molecular formula is C20H21FN4S. The van der Waals surface area contributed by atoms with Gasteiger partial charge in [0.15, 0.2) is 5.96 Å². The summed E-state index contributed by atoms with van der Waals surface area (Å²) >= 11 is 1.60. The predicted molar refractivity (Wildman–Crippen MR) is 104 cm³/mol. The van der Waals surface area contributed by atoms with Gasteiger partial charge in [-0.2, -0.15) is 5.26 Å². The van der Waals surface area contributed by atoms with Crippen molar-refractivity contribution in [2.24, 2.45) is 16.6 Å². The van der Waals surface area contributed by atoms with E-state index in [0.717, 1.165) is 21.0 Å². The van der Waals surface area contributed by atoms with E-state index < -0.39 is 11.4 Å². The van der Waals surface area contributed by atoms with Gasteiger partial charge in [-0.25, -0.2) is 9.38 Å². The Morgan fingerprint density at radius 2 is 2.12 bits per heavy atom. The van der Waals surface area contributed by atoms with Gasteiger partial charge in [0.2, 0.25) is 0 Å². The van der Waals surface area contributed by atoms with E-state index in [-0.39, 0.29) is 11.5 Å². The van der Waals surface area contributed by atoms with Gasteiger partial charge in [-0.15, -0.1) is 11.3 Å². The summed E-state index contributed by atoms with van der Waals surface area (Å²) in [6.45, 7) is 8.39. The Labute approximate surface area is 157 Å². The molecule has 0 saturated heterocycles. The lowest BCUT2D eigenvalue weighted by molar-refractivity contribution is 0.284. The van der Waals surface area contributed by atoms with E-state index in [0.29, 0.717) is 12.4 Å². The molecule has 0 radical (unpaired) electrons. The lowest BCUT2D eigenvalue weighted by atomic mass is 9.80. The van der Waals surface area contributed by atoms with Crippen LogP contribution < -0.4 is 5.73 Å². The predicted octanol–water partition coefficient (Wildman–Crippen LogP) is 4.44. The van der Waals surface area contributed by atoms with E-state index in [1.165, 1.54) is 6.07 Å². The van der Waals surface area contributed by atoms with Crippen LogP contribution in [-0.4, -0.2) is 17.9 Å². The Morgan fingerprint density at radius 3 is 2.73 bits per heavy atom. The van der Waals surface area contributed by atoms with Crippen LogP contribution in [-0.2, 0) is 5.54 Å². The summed E-state index contributed by atoms with van der Waals surface area (Å²) in [5, 5.41) is 9.06. The van der Waals surface area contributed by atoms with E-state index in [1.807, 2.05) is 30.1 Å². The molecule has 1 aromatic heterocycles. The van der Waals surface area contributed by atoms with E-state index in [4.69, 9.17) is 16.0 Å². The van der Waals surface area contributed by atoms with Crippen LogP contribution in [0.15, 0.2) is 47.6 Å². The second-order valence-electron chi connectivity index (χ2n) is 6.82. The molecule has 0 bridgehead atoms. The number of hydrogen-bond donors (Lipinski definition) is 1. The Morgan fingerprint density at radius 1 is 1.38 bits per heavy atom. The quantitative estimate of drug-likeness (QED) is 0.871. The van der Waals surface area contributed by atoms with Crippen molar-refractivity contribution < 1.29 is 4.39 Å². The van der Waals surface area contributed by atoms with E-state index in [9.17, 15) is 4.39 Å². The van der Waals surface area contributed by atoms with Crippen LogP contribution in [0.5, 0.6) is 0 Å². The summed E-state index contributed by atoms with van der Waals surface area (Å²) in [5.41, 5.74) is 7.46. The van der Waals surface area contributed by atoms with Crippen molar-refractivity contribution in [3.8, 4) is 16.5 Å². The fourth-order valence-corrected chi connectivity index (χ4v) is 4.44. The highest BCUT2D eigenvalue weighted by molar-refractivity contribution is 7.15. The summed E-state index contributed by atoms with van der Waals surface area (Å²) in [7, 11) is 1.87. The zero-order valence-electron chi connectivity index (χ0n) is 15.1. The monoisotopic (exact) mass is 368 g/mol. The fourth-order valence-electron chi connectivity index (χ4n) is 3.16. The molecule has 0 spiro atoms. The number of thiophene rings is 1. The molecule has 0 aliphatic carbocycles. The summed E-state index contributed by atoms with van der Waals surface area (Å²) in [6.07, 6.45) is 0.689. The van der Waals surface area contributed by atoms with Crippen molar-refractivity contribution in [1.29, 1.82) is 5.26 Å². The molecule has 1 aliphatic heterocycles. The molecule has 2 aromatic rings. The third-order valence-electron chi connectivity index (χ3n) is 4.96. The molecule has 26 heavy (non-hydrogen) atoms. The Balaban J connectivity index is 2.08. The third-order valence-corrected chi connectivity index (χ3v) is 6.27. The first kappa shape index (κ1) is 18.2. The minimum atomic E-state index is -0.504. The molecular weight excluding hydrogens is 347 g/mol. The van der Waals surface area contributed by atoms with Crippen LogP contribution in [0.25, 0.3) is 10.4 Å². The summed E-state index contributed by atoms with van der Waals surface area (Å²) < 4.78 is 13.6. The number of nitrogens with zero attached hydrogens (tertiary/aromatic N) is 3. The van der Waals surface area contributed by atoms with Crippen LogP contribution in [0.2, 0.25) is 0 Å². The van der Waals surface area contributed by atoms with Crippen LogP contribution in [0.4, 0.5) is 4.39 Å². The molecule has 1 aromatic carbocycles. The van der Waals surface area contributed by atoms with Crippen LogP contribution in [0, 0.1) is 23.1 Å². The van der Waals surface area contributed by atoms with Gasteiger partial charge in [-0.1, -0.05) is 26.5 Å². The number of benzene rings is 1. The van der Waals surface area contributed by atoms with E-state index in [2.05, 4.69) is 20.4 Å². The first-order valence-electron chi connectivity index (χ1n) is 8.35. The molecule has 0 saturated carbocycles. The van der Waals surface area contributed by atoms with Crippen molar-refractivity contribution in [2.45, 2.75) is 25.8 Å². The maximum Gasteiger partial charge on any atom is 0.196 e.